The monoisotopic (exact) mass is 670 g/mol. The van der Waals surface area contributed by atoms with Crippen LogP contribution in [-0.4, -0.2) is 61.0 Å². The summed E-state index contributed by atoms with van der Waals surface area (Å²) in [6.07, 6.45) is 3.28. The van der Waals surface area contributed by atoms with E-state index in [0.29, 0.717) is 41.5 Å². The van der Waals surface area contributed by atoms with E-state index in [4.69, 9.17) is 28.3 Å². The number of amides is 4. The van der Waals surface area contributed by atoms with Gasteiger partial charge >= 0.3 is 5.97 Å². The molecule has 6 atom stereocenters. The number of carboxylic acids is 1. The molecule has 2 heterocycles. The third kappa shape index (κ3) is 4.67. The topological polar surface area (TPSA) is 132 Å². The molecule has 4 amide bonds. The number of likely N-dealkylation sites (tertiary alicyclic amines) is 1. The third-order valence-electron chi connectivity index (χ3n) is 10.1. The number of carbonyl (C=O) groups is 5. The molecule has 2 N–H and O–H groups in total. The summed E-state index contributed by atoms with van der Waals surface area (Å²) in [4.78, 5) is 65.1. The van der Waals surface area contributed by atoms with Crippen LogP contribution in [0, 0.1) is 37.4 Å². The summed E-state index contributed by atoms with van der Waals surface area (Å²) in [6.45, 7) is 3.55. The number of phenols is 1. The minimum Gasteiger partial charge on any atom is -0.507 e. The maximum atomic E-state index is 14.4. The number of fused-ring (bicyclic) bond motifs is 4. The zero-order chi connectivity index (χ0) is 33.3. The van der Waals surface area contributed by atoms with Crippen LogP contribution in [0.4, 0.5) is 10.1 Å². The average molecular weight is 672 g/mol. The molecule has 0 radical (unpaired) electrons. The van der Waals surface area contributed by atoms with Gasteiger partial charge in [-0.2, -0.15) is 0 Å². The highest BCUT2D eigenvalue weighted by molar-refractivity contribution is 6.58. The molecule has 1 saturated carbocycles. The molecule has 0 unspecified atom stereocenters. The molecule has 0 spiro atoms. The number of rotatable bonds is 8. The highest BCUT2D eigenvalue weighted by atomic mass is 35.5. The van der Waals surface area contributed by atoms with Crippen molar-refractivity contribution in [3.8, 4) is 5.75 Å². The fourth-order valence-electron chi connectivity index (χ4n) is 7.94. The van der Waals surface area contributed by atoms with E-state index < -0.39 is 62.9 Å². The summed E-state index contributed by atoms with van der Waals surface area (Å²) in [6, 6.07) is 8.21. The van der Waals surface area contributed by atoms with Crippen LogP contribution in [0.1, 0.15) is 61.1 Å². The Morgan fingerprint density at radius 2 is 1.61 bits per heavy atom. The van der Waals surface area contributed by atoms with Crippen molar-refractivity contribution >= 4 is 58.5 Å². The first-order chi connectivity index (χ1) is 21.7. The van der Waals surface area contributed by atoms with E-state index in [1.165, 1.54) is 17.0 Å². The van der Waals surface area contributed by atoms with Crippen LogP contribution in [-0.2, 0) is 24.0 Å². The molecule has 2 aromatic rings. The summed E-state index contributed by atoms with van der Waals surface area (Å²) >= 11 is 14.7. The average Bonchev–Trinajstić information content (AvgIpc) is 3.33. The van der Waals surface area contributed by atoms with E-state index in [0.717, 1.165) is 17.0 Å². The van der Waals surface area contributed by atoms with E-state index in [2.05, 4.69) is 0 Å². The summed E-state index contributed by atoms with van der Waals surface area (Å²) in [5.74, 6) is -6.95. The van der Waals surface area contributed by atoms with Gasteiger partial charge in [-0.25, -0.2) is 9.29 Å². The van der Waals surface area contributed by atoms with Crippen LogP contribution >= 0.6 is 23.2 Å². The standard InChI is InChI=1S/C34H33Cl2FN2O7/c1-17-14-19(15-18(2)28(17)42)27-22-11-12-23-26(30(44)38(29(23)43)13-5-3-4-6-25(40)41)24(22)16-33(35)31(45)39(32(46)34(27,33)36)21-9-7-20(37)8-10-21/h7-11,14-15,23-24,26-27,42H,3-6,12-13,16H2,1-2H3,(H,40,41)/t23-,24+,26-,27-,33+,34-/m0/s1. The molecule has 242 valence electrons. The normalized spacial score (nSPS) is 30.3. The number of aliphatic carboxylic acids is 1. The molecular formula is C34H33Cl2FN2O7. The van der Waals surface area contributed by atoms with E-state index in [9.17, 15) is 33.5 Å². The van der Waals surface area contributed by atoms with Crippen molar-refractivity contribution < 1.29 is 38.6 Å². The number of nitrogens with zero attached hydrogens (tertiary/aromatic N) is 2. The number of hydrogen-bond acceptors (Lipinski definition) is 6. The number of benzene rings is 2. The van der Waals surface area contributed by atoms with Gasteiger partial charge in [0.2, 0.25) is 11.8 Å². The van der Waals surface area contributed by atoms with Crippen LogP contribution in [0.15, 0.2) is 48.0 Å². The second kappa shape index (κ2) is 11.5. The number of allylic oxidation sites excluding steroid dienone is 2. The Bertz CT molecular complexity index is 1690. The molecule has 2 saturated heterocycles. The minimum absolute atomic E-state index is 0.000234. The molecule has 46 heavy (non-hydrogen) atoms. The first kappa shape index (κ1) is 32.2. The summed E-state index contributed by atoms with van der Waals surface area (Å²) in [7, 11) is 0. The molecule has 12 heteroatoms. The van der Waals surface area contributed by atoms with Gasteiger partial charge in [-0.15, -0.1) is 23.2 Å². The van der Waals surface area contributed by atoms with Crippen molar-refractivity contribution in [2.75, 3.05) is 11.4 Å². The predicted molar refractivity (Wildman–Crippen MR) is 167 cm³/mol. The van der Waals surface area contributed by atoms with E-state index >= 15 is 0 Å². The number of carbonyl (C=O) groups excluding carboxylic acids is 4. The third-order valence-corrected chi connectivity index (χ3v) is 11.5. The highest BCUT2D eigenvalue weighted by Gasteiger charge is 2.76. The van der Waals surface area contributed by atoms with Gasteiger partial charge in [0.05, 0.1) is 17.5 Å². The number of aromatic hydroxyl groups is 1. The highest BCUT2D eigenvalue weighted by Crippen LogP contribution is 2.66. The lowest BCUT2D eigenvalue weighted by molar-refractivity contribution is -0.141. The number of imide groups is 2. The number of halogens is 3. The summed E-state index contributed by atoms with van der Waals surface area (Å²) < 4.78 is 13.8. The van der Waals surface area contributed by atoms with Crippen LogP contribution in [0.3, 0.4) is 0 Å². The lowest BCUT2D eigenvalue weighted by Gasteiger charge is -2.50. The van der Waals surface area contributed by atoms with Crippen molar-refractivity contribution in [3.63, 3.8) is 0 Å². The minimum atomic E-state index is -2.06. The van der Waals surface area contributed by atoms with Crippen molar-refractivity contribution in [1.82, 2.24) is 4.90 Å². The molecule has 0 aromatic heterocycles. The predicted octanol–water partition coefficient (Wildman–Crippen LogP) is 5.36. The molecular weight excluding hydrogens is 638 g/mol. The number of hydrogen-bond donors (Lipinski definition) is 2. The van der Waals surface area contributed by atoms with Gasteiger partial charge in [-0.05, 0) is 86.4 Å². The van der Waals surface area contributed by atoms with E-state index in [-0.39, 0.29) is 43.2 Å². The fraction of sp³-hybridized carbons (Fsp3) is 0.441. The van der Waals surface area contributed by atoms with Crippen molar-refractivity contribution in [1.29, 1.82) is 0 Å². The Morgan fingerprint density at radius 3 is 2.24 bits per heavy atom. The summed E-state index contributed by atoms with van der Waals surface area (Å²) in [5.41, 5.74) is 2.28. The molecule has 6 rings (SSSR count). The number of anilines is 1. The zero-order valence-electron chi connectivity index (χ0n) is 25.3. The van der Waals surface area contributed by atoms with Gasteiger partial charge in [-0.3, -0.25) is 28.9 Å². The second-order valence-electron chi connectivity index (χ2n) is 12.8. The lowest BCUT2D eigenvalue weighted by atomic mass is 9.56. The molecule has 3 fully saturated rings. The van der Waals surface area contributed by atoms with E-state index in [1.54, 1.807) is 26.0 Å². The molecule has 0 bridgehead atoms. The van der Waals surface area contributed by atoms with Gasteiger partial charge in [0.25, 0.3) is 11.8 Å². The Hall–Kier alpha value is -3.76. The van der Waals surface area contributed by atoms with Gasteiger partial charge in [-0.1, -0.05) is 30.2 Å². The second-order valence-corrected chi connectivity index (χ2v) is 14.0. The van der Waals surface area contributed by atoms with Crippen LogP contribution in [0.2, 0.25) is 0 Å². The van der Waals surface area contributed by atoms with E-state index in [1.807, 2.05) is 6.08 Å². The zero-order valence-corrected chi connectivity index (χ0v) is 26.8. The maximum Gasteiger partial charge on any atom is 0.303 e. The Morgan fingerprint density at radius 1 is 0.957 bits per heavy atom. The Labute approximate surface area is 274 Å². The number of aryl methyl sites for hydroxylation is 2. The first-order valence-corrected chi connectivity index (χ1v) is 16.1. The van der Waals surface area contributed by atoms with Crippen LogP contribution < -0.4 is 4.90 Å². The number of phenolic OH excluding ortho intramolecular Hbond substituents is 1. The number of unbranched alkanes of at least 4 members (excludes halogenated alkanes) is 2. The first-order valence-electron chi connectivity index (χ1n) is 15.3. The van der Waals surface area contributed by atoms with Gasteiger partial charge in [0.15, 0.2) is 9.75 Å². The number of carboxylic acid groups (broad SMARTS) is 1. The van der Waals surface area contributed by atoms with Gasteiger partial charge in [0.1, 0.15) is 11.6 Å². The van der Waals surface area contributed by atoms with Crippen molar-refractivity contribution in [2.45, 2.75) is 68.0 Å². The Kier molecular flexibility index (Phi) is 8.04. The van der Waals surface area contributed by atoms with Crippen LogP contribution in [0.25, 0.3) is 0 Å². The molecule has 4 aliphatic rings. The van der Waals surface area contributed by atoms with Crippen molar-refractivity contribution in [2.24, 2.45) is 17.8 Å². The number of alkyl halides is 2. The fourth-order valence-corrected chi connectivity index (χ4v) is 8.87. The van der Waals surface area contributed by atoms with Crippen molar-refractivity contribution in [3.05, 3.63) is 70.6 Å². The van der Waals surface area contributed by atoms with Gasteiger partial charge < -0.3 is 10.2 Å². The smallest absolute Gasteiger partial charge is 0.303 e. The maximum absolute atomic E-state index is 14.4. The summed E-state index contributed by atoms with van der Waals surface area (Å²) in [5, 5.41) is 19.5. The Balaban J connectivity index is 1.44. The molecule has 2 aliphatic carbocycles. The quantitative estimate of drug-likeness (QED) is 0.167. The lowest BCUT2D eigenvalue weighted by Crippen LogP contribution is -2.60. The molecule has 2 aliphatic heterocycles. The SMILES string of the molecule is Cc1cc([C@H]2C3=CC[C@@H]4C(=O)N(CCCCCC(=O)O)C(=O)[C@@H]4[C@@H]3C[C@@]3(Cl)C(=O)N(c4ccc(F)cc4)C(=O)[C@@]23Cl)cc(C)c1O. The van der Waals surface area contributed by atoms with Gasteiger partial charge in [0, 0.05) is 18.9 Å². The molecule has 2 aromatic carbocycles. The largest absolute Gasteiger partial charge is 0.507 e. The van der Waals surface area contributed by atoms with Crippen LogP contribution in [0.5, 0.6) is 5.75 Å². The molecule has 9 nitrogen and oxygen atoms in total.